The van der Waals surface area contributed by atoms with Crippen LogP contribution in [-0.2, 0) is 4.79 Å². The summed E-state index contributed by atoms with van der Waals surface area (Å²) in [4.78, 5) is 11.7. The van der Waals surface area contributed by atoms with Gasteiger partial charge in [-0.25, -0.2) is 0 Å². The molecule has 1 amide bonds. The number of carbonyl (C=O) groups is 1. The topological polar surface area (TPSA) is 41.1 Å². The minimum atomic E-state index is 0.0691. The lowest BCUT2D eigenvalue weighted by Crippen LogP contribution is -2.52. The van der Waals surface area contributed by atoms with Crippen molar-refractivity contribution in [3.05, 3.63) is 0 Å². The third-order valence-corrected chi connectivity index (χ3v) is 4.38. The van der Waals surface area contributed by atoms with E-state index in [1.165, 1.54) is 25.7 Å². The molecule has 1 saturated carbocycles. The van der Waals surface area contributed by atoms with Crippen molar-refractivity contribution in [3.63, 3.8) is 0 Å². The highest BCUT2D eigenvalue weighted by Crippen LogP contribution is 2.30. The highest BCUT2D eigenvalue weighted by atomic mass is 16.2. The molecule has 3 heteroatoms. The summed E-state index contributed by atoms with van der Waals surface area (Å²) < 4.78 is 0. The van der Waals surface area contributed by atoms with E-state index in [2.05, 4.69) is 24.5 Å². The predicted octanol–water partition coefficient (Wildman–Crippen LogP) is 2.07. The lowest BCUT2D eigenvalue weighted by atomic mass is 9.79. The molecular weight excluding hydrogens is 212 g/mol. The lowest BCUT2D eigenvalue weighted by molar-refractivity contribution is -0.124. The molecule has 0 aromatic carbocycles. The van der Waals surface area contributed by atoms with E-state index in [4.69, 9.17) is 0 Å². The van der Waals surface area contributed by atoms with Gasteiger partial charge in [0.25, 0.3) is 0 Å². The van der Waals surface area contributed by atoms with E-state index < -0.39 is 0 Å². The molecule has 3 nitrogen and oxygen atoms in total. The first-order valence-corrected chi connectivity index (χ1v) is 7.20. The van der Waals surface area contributed by atoms with Crippen molar-refractivity contribution < 1.29 is 4.79 Å². The van der Waals surface area contributed by atoms with E-state index in [1.54, 1.807) is 0 Å². The Hall–Kier alpha value is -0.570. The van der Waals surface area contributed by atoms with Crippen LogP contribution in [0.15, 0.2) is 0 Å². The lowest BCUT2D eigenvalue weighted by Gasteiger charge is -2.35. The van der Waals surface area contributed by atoms with Gasteiger partial charge >= 0.3 is 0 Å². The summed E-state index contributed by atoms with van der Waals surface area (Å²) in [5, 5.41) is 6.53. The normalized spacial score (nSPS) is 34.8. The zero-order valence-corrected chi connectivity index (χ0v) is 11.2. The molecule has 1 aliphatic heterocycles. The van der Waals surface area contributed by atoms with Crippen molar-refractivity contribution in [2.45, 2.75) is 64.5 Å². The number of hydrogen-bond acceptors (Lipinski definition) is 2. The van der Waals surface area contributed by atoms with Gasteiger partial charge in [0, 0.05) is 12.6 Å². The second-order valence-electron chi connectivity index (χ2n) is 6.02. The van der Waals surface area contributed by atoms with E-state index in [0.29, 0.717) is 6.04 Å². The van der Waals surface area contributed by atoms with Crippen LogP contribution in [0.1, 0.15) is 52.4 Å². The molecule has 98 valence electrons. The molecule has 0 spiro atoms. The second-order valence-corrected chi connectivity index (χ2v) is 6.02. The first kappa shape index (κ1) is 12.9. The van der Waals surface area contributed by atoms with Crippen LogP contribution in [0.25, 0.3) is 0 Å². The van der Waals surface area contributed by atoms with Crippen molar-refractivity contribution in [3.8, 4) is 0 Å². The first-order chi connectivity index (χ1) is 8.16. The molecule has 2 N–H and O–H groups in total. The summed E-state index contributed by atoms with van der Waals surface area (Å²) in [5.74, 6) is 1.83. The maximum Gasteiger partial charge on any atom is 0.237 e. The van der Waals surface area contributed by atoms with E-state index in [1.807, 2.05) is 0 Å². The zero-order chi connectivity index (χ0) is 12.3. The molecular formula is C14H26N2O. The van der Waals surface area contributed by atoms with Crippen molar-refractivity contribution in [1.29, 1.82) is 0 Å². The SMILES string of the molecule is CC(C)C1CCCC(NC2CCCNC2=O)C1. The molecule has 0 aromatic rings. The van der Waals surface area contributed by atoms with E-state index >= 15 is 0 Å². The molecule has 1 heterocycles. The molecule has 2 rings (SSSR count). The fourth-order valence-electron chi connectivity index (χ4n) is 3.20. The van der Waals surface area contributed by atoms with Crippen molar-refractivity contribution in [1.82, 2.24) is 10.6 Å². The van der Waals surface area contributed by atoms with Crippen molar-refractivity contribution >= 4 is 5.91 Å². The van der Waals surface area contributed by atoms with Gasteiger partial charge in [-0.15, -0.1) is 0 Å². The van der Waals surface area contributed by atoms with Crippen LogP contribution in [0.3, 0.4) is 0 Å². The Morgan fingerprint density at radius 3 is 2.76 bits per heavy atom. The number of nitrogens with one attached hydrogen (secondary N) is 2. The van der Waals surface area contributed by atoms with Crippen molar-refractivity contribution in [2.24, 2.45) is 11.8 Å². The van der Waals surface area contributed by atoms with Crippen LogP contribution in [0.5, 0.6) is 0 Å². The Balaban J connectivity index is 1.83. The van der Waals surface area contributed by atoms with Crippen molar-refractivity contribution in [2.75, 3.05) is 6.54 Å². The maximum absolute atomic E-state index is 11.7. The summed E-state index contributed by atoms with van der Waals surface area (Å²) >= 11 is 0. The summed E-state index contributed by atoms with van der Waals surface area (Å²) in [6.45, 7) is 5.50. The number of rotatable bonds is 3. The summed E-state index contributed by atoms with van der Waals surface area (Å²) in [6, 6.07) is 0.629. The Bertz CT molecular complexity index is 265. The molecule has 2 fully saturated rings. The highest BCUT2D eigenvalue weighted by molar-refractivity contribution is 5.82. The van der Waals surface area contributed by atoms with Gasteiger partial charge in [-0.2, -0.15) is 0 Å². The van der Waals surface area contributed by atoms with Crippen LogP contribution in [0, 0.1) is 11.8 Å². The average molecular weight is 238 g/mol. The molecule has 2 aliphatic rings. The Kier molecular flexibility index (Phi) is 4.43. The van der Waals surface area contributed by atoms with E-state index in [-0.39, 0.29) is 11.9 Å². The third kappa shape index (κ3) is 3.44. The maximum atomic E-state index is 11.7. The Labute approximate surface area is 105 Å². The van der Waals surface area contributed by atoms with Gasteiger partial charge < -0.3 is 10.6 Å². The number of hydrogen-bond donors (Lipinski definition) is 2. The molecule has 0 bridgehead atoms. The van der Waals surface area contributed by atoms with E-state index in [0.717, 1.165) is 31.2 Å². The minimum absolute atomic E-state index is 0.0691. The van der Waals surface area contributed by atoms with Crippen LogP contribution in [0.2, 0.25) is 0 Å². The molecule has 17 heavy (non-hydrogen) atoms. The largest absolute Gasteiger partial charge is 0.355 e. The fourth-order valence-corrected chi connectivity index (χ4v) is 3.20. The third-order valence-electron chi connectivity index (χ3n) is 4.38. The Morgan fingerprint density at radius 1 is 1.24 bits per heavy atom. The smallest absolute Gasteiger partial charge is 0.237 e. The van der Waals surface area contributed by atoms with Gasteiger partial charge in [0.15, 0.2) is 0 Å². The van der Waals surface area contributed by atoms with Gasteiger partial charge in [0.2, 0.25) is 5.91 Å². The number of carbonyl (C=O) groups excluding carboxylic acids is 1. The molecule has 0 aromatic heterocycles. The van der Waals surface area contributed by atoms with Gasteiger partial charge in [0.05, 0.1) is 6.04 Å². The highest BCUT2D eigenvalue weighted by Gasteiger charge is 2.29. The number of amides is 1. The van der Waals surface area contributed by atoms with Gasteiger partial charge in [-0.05, 0) is 37.5 Å². The monoisotopic (exact) mass is 238 g/mol. The summed E-state index contributed by atoms with van der Waals surface area (Å²) in [5.41, 5.74) is 0. The molecule has 3 unspecified atom stereocenters. The van der Waals surface area contributed by atoms with E-state index in [9.17, 15) is 4.79 Å². The quantitative estimate of drug-likeness (QED) is 0.790. The van der Waals surface area contributed by atoms with Crippen LogP contribution < -0.4 is 10.6 Å². The van der Waals surface area contributed by atoms with Gasteiger partial charge in [-0.1, -0.05) is 26.7 Å². The number of piperidine rings is 1. The summed E-state index contributed by atoms with van der Waals surface area (Å²) in [6.07, 6.45) is 7.30. The van der Waals surface area contributed by atoms with Crippen LogP contribution in [-0.4, -0.2) is 24.5 Å². The molecule has 0 radical (unpaired) electrons. The molecule has 1 aliphatic carbocycles. The predicted molar refractivity (Wildman–Crippen MR) is 69.8 cm³/mol. The Morgan fingerprint density at radius 2 is 2.06 bits per heavy atom. The van der Waals surface area contributed by atoms with Crippen LogP contribution in [0.4, 0.5) is 0 Å². The minimum Gasteiger partial charge on any atom is -0.355 e. The second kappa shape index (κ2) is 5.85. The fraction of sp³-hybridized carbons (Fsp3) is 0.929. The standard InChI is InChI=1S/C14H26N2O/c1-10(2)11-5-3-6-12(9-11)16-13-7-4-8-15-14(13)17/h10-13,16H,3-9H2,1-2H3,(H,15,17). The average Bonchev–Trinajstić information content (AvgIpc) is 2.32. The zero-order valence-electron chi connectivity index (χ0n) is 11.2. The van der Waals surface area contributed by atoms with Gasteiger partial charge in [-0.3, -0.25) is 4.79 Å². The molecule has 1 saturated heterocycles. The summed E-state index contributed by atoms with van der Waals surface area (Å²) in [7, 11) is 0. The molecule has 3 atom stereocenters. The first-order valence-electron chi connectivity index (χ1n) is 7.20. The van der Waals surface area contributed by atoms with Crippen LogP contribution >= 0.6 is 0 Å². The van der Waals surface area contributed by atoms with Gasteiger partial charge in [0.1, 0.15) is 0 Å².